The molecule has 7 heteroatoms. The Balaban J connectivity index is 2.49. The molecule has 2 rings (SSSR count). The molecule has 1 aromatic heterocycles. The maximum Gasteiger partial charge on any atom is 0.268 e. The van der Waals surface area contributed by atoms with Gasteiger partial charge in [-0.2, -0.15) is 5.10 Å². The van der Waals surface area contributed by atoms with Gasteiger partial charge in [0.15, 0.2) is 4.90 Å². The summed E-state index contributed by atoms with van der Waals surface area (Å²) in [5, 5.41) is 3.90. The smallest absolute Gasteiger partial charge is 0.268 e. The van der Waals surface area contributed by atoms with E-state index in [9.17, 15) is 8.42 Å². The van der Waals surface area contributed by atoms with Gasteiger partial charge in [-0.15, -0.1) is 0 Å². The minimum atomic E-state index is -3.75. The van der Waals surface area contributed by atoms with E-state index in [-0.39, 0.29) is 10.8 Å². The normalized spacial score (nSPS) is 21.4. The number of rotatable bonds is 1. The van der Waals surface area contributed by atoms with Crippen molar-refractivity contribution < 1.29 is 13.2 Å². The highest BCUT2D eigenvalue weighted by Gasteiger charge is 2.26. The molecule has 2 heterocycles. The van der Waals surface area contributed by atoms with Gasteiger partial charge >= 0.3 is 0 Å². The molecule has 14 heavy (non-hydrogen) atoms. The highest BCUT2D eigenvalue weighted by atomic mass is 35.7. The molecule has 0 N–H and O–H groups in total. The number of ether oxygens (including phenoxy) is 1. The van der Waals surface area contributed by atoms with E-state index < -0.39 is 9.05 Å². The first-order valence-corrected chi connectivity index (χ1v) is 6.42. The summed E-state index contributed by atoms with van der Waals surface area (Å²) in [5.74, 6) is 0.575. The van der Waals surface area contributed by atoms with Crippen LogP contribution in [0.25, 0.3) is 0 Å². The zero-order chi connectivity index (χ0) is 10.3. The topological polar surface area (TPSA) is 61.2 Å². The largest absolute Gasteiger partial charge is 0.477 e. The Hall–Kier alpha value is -0.750. The standard InChI is InChI=1S/C7H9ClN2O3S/c1-5-3-10-7(13-4-5)6(2-9-10)14(8,11)12/h2,5H,3-4H2,1H3. The number of aromatic nitrogens is 2. The molecule has 0 aromatic carbocycles. The van der Waals surface area contributed by atoms with Gasteiger partial charge in [-0.05, 0) is 0 Å². The lowest BCUT2D eigenvalue weighted by Crippen LogP contribution is -2.23. The van der Waals surface area contributed by atoms with E-state index in [1.54, 1.807) is 0 Å². The van der Waals surface area contributed by atoms with Crippen LogP contribution >= 0.6 is 10.7 Å². The van der Waals surface area contributed by atoms with Crippen molar-refractivity contribution in [2.75, 3.05) is 6.61 Å². The van der Waals surface area contributed by atoms with Gasteiger partial charge in [-0.3, -0.25) is 0 Å². The average molecular weight is 237 g/mol. The zero-order valence-electron chi connectivity index (χ0n) is 7.47. The molecule has 0 aliphatic carbocycles. The summed E-state index contributed by atoms with van der Waals surface area (Å²) in [6.07, 6.45) is 1.22. The molecule has 0 saturated heterocycles. The molecular formula is C7H9ClN2O3S. The third-order valence-electron chi connectivity index (χ3n) is 2.01. The number of halogens is 1. The van der Waals surface area contributed by atoms with Crippen LogP contribution in [0.15, 0.2) is 11.1 Å². The van der Waals surface area contributed by atoms with Gasteiger partial charge in [0.25, 0.3) is 9.05 Å². The van der Waals surface area contributed by atoms with Gasteiger partial charge in [0.1, 0.15) is 0 Å². The van der Waals surface area contributed by atoms with Crippen LogP contribution in [0, 0.1) is 5.92 Å². The molecule has 78 valence electrons. The fourth-order valence-corrected chi connectivity index (χ4v) is 2.23. The highest BCUT2D eigenvalue weighted by molar-refractivity contribution is 8.13. The fraction of sp³-hybridized carbons (Fsp3) is 0.571. The van der Waals surface area contributed by atoms with Gasteiger partial charge in [-0.25, -0.2) is 13.1 Å². The monoisotopic (exact) mass is 236 g/mol. The van der Waals surface area contributed by atoms with Gasteiger partial charge in [0.2, 0.25) is 5.88 Å². The lowest BCUT2D eigenvalue weighted by Gasteiger charge is -2.20. The number of fused-ring (bicyclic) bond motifs is 1. The van der Waals surface area contributed by atoms with Crippen molar-refractivity contribution in [1.82, 2.24) is 9.78 Å². The predicted octanol–water partition coefficient (Wildman–Crippen LogP) is 0.839. The molecular weight excluding hydrogens is 228 g/mol. The first kappa shape index (κ1) is 9.79. The van der Waals surface area contributed by atoms with Crippen LogP contribution in [0.1, 0.15) is 6.92 Å². The number of hydrogen-bond donors (Lipinski definition) is 0. The molecule has 1 aliphatic heterocycles. The van der Waals surface area contributed by atoms with Crippen molar-refractivity contribution in [2.24, 2.45) is 5.92 Å². The second kappa shape index (κ2) is 3.13. The Labute approximate surface area is 86.0 Å². The Morgan fingerprint density at radius 1 is 1.71 bits per heavy atom. The SMILES string of the molecule is CC1COc2c(S(=O)(=O)Cl)cnn2C1. The van der Waals surface area contributed by atoms with Gasteiger partial charge in [0, 0.05) is 16.6 Å². The quantitative estimate of drug-likeness (QED) is 0.678. The van der Waals surface area contributed by atoms with Crippen molar-refractivity contribution in [1.29, 1.82) is 0 Å². The van der Waals surface area contributed by atoms with Crippen molar-refractivity contribution >= 4 is 19.7 Å². The summed E-state index contributed by atoms with van der Waals surface area (Å²) in [5.41, 5.74) is 0. The molecule has 0 radical (unpaired) electrons. The third kappa shape index (κ3) is 1.59. The highest BCUT2D eigenvalue weighted by Crippen LogP contribution is 2.30. The molecule has 0 amide bonds. The molecule has 1 unspecified atom stereocenters. The van der Waals surface area contributed by atoms with E-state index in [0.717, 1.165) is 0 Å². The van der Waals surface area contributed by atoms with Crippen LogP contribution in [-0.2, 0) is 15.6 Å². The van der Waals surface area contributed by atoms with E-state index in [2.05, 4.69) is 5.10 Å². The second-order valence-electron chi connectivity index (χ2n) is 3.35. The van der Waals surface area contributed by atoms with Crippen molar-refractivity contribution in [3.63, 3.8) is 0 Å². The summed E-state index contributed by atoms with van der Waals surface area (Å²) < 4.78 is 28.9. The first-order valence-electron chi connectivity index (χ1n) is 4.12. The molecule has 5 nitrogen and oxygen atoms in total. The average Bonchev–Trinajstić information content (AvgIpc) is 2.45. The van der Waals surface area contributed by atoms with E-state index in [1.165, 1.54) is 10.9 Å². The van der Waals surface area contributed by atoms with E-state index >= 15 is 0 Å². The van der Waals surface area contributed by atoms with Gasteiger partial charge < -0.3 is 4.74 Å². The maximum atomic E-state index is 11.1. The molecule has 1 aliphatic rings. The summed E-state index contributed by atoms with van der Waals surface area (Å²) in [4.78, 5) is -0.0499. The summed E-state index contributed by atoms with van der Waals surface area (Å²) in [7, 11) is 1.46. The van der Waals surface area contributed by atoms with Gasteiger partial charge in [0.05, 0.1) is 19.3 Å². The molecule has 0 fully saturated rings. The first-order chi connectivity index (χ1) is 6.48. The third-order valence-corrected chi connectivity index (χ3v) is 3.32. The van der Waals surface area contributed by atoms with Crippen LogP contribution in [0.5, 0.6) is 5.88 Å². The maximum absolute atomic E-state index is 11.1. The molecule has 1 atom stereocenters. The number of nitrogens with zero attached hydrogens (tertiary/aromatic N) is 2. The number of hydrogen-bond acceptors (Lipinski definition) is 4. The minimum Gasteiger partial charge on any atom is -0.477 e. The van der Waals surface area contributed by atoms with Crippen molar-refractivity contribution in [3.8, 4) is 5.88 Å². The van der Waals surface area contributed by atoms with Crippen LogP contribution in [0.4, 0.5) is 0 Å². The Bertz CT molecular complexity index is 454. The molecule has 0 bridgehead atoms. The Kier molecular flexibility index (Phi) is 2.19. The lowest BCUT2D eigenvalue weighted by molar-refractivity contribution is 0.170. The van der Waals surface area contributed by atoms with E-state index in [0.29, 0.717) is 19.1 Å². The van der Waals surface area contributed by atoms with E-state index in [1.807, 2.05) is 6.92 Å². The minimum absolute atomic E-state index is 0.0499. The summed E-state index contributed by atoms with van der Waals surface area (Å²) in [6.45, 7) is 3.15. The lowest BCUT2D eigenvalue weighted by atomic mass is 10.2. The van der Waals surface area contributed by atoms with Crippen LogP contribution in [0.3, 0.4) is 0 Å². The van der Waals surface area contributed by atoms with Crippen LogP contribution in [0.2, 0.25) is 0 Å². The predicted molar refractivity (Wildman–Crippen MR) is 49.9 cm³/mol. The second-order valence-corrected chi connectivity index (χ2v) is 5.88. The Morgan fingerprint density at radius 3 is 3.07 bits per heavy atom. The Morgan fingerprint density at radius 2 is 2.43 bits per heavy atom. The molecule has 0 saturated carbocycles. The fourth-order valence-electron chi connectivity index (χ4n) is 1.37. The van der Waals surface area contributed by atoms with Gasteiger partial charge in [-0.1, -0.05) is 6.92 Å². The van der Waals surface area contributed by atoms with Crippen LogP contribution in [-0.4, -0.2) is 24.8 Å². The molecule has 1 aromatic rings. The van der Waals surface area contributed by atoms with Crippen LogP contribution < -0.4 is 4.74 Å². The zero-order valence-corrected chi connectivity index (χ0v) is 9.05. The van der Waals surface area contributed by atoms with Crippen molar-refractivity contribution in [2.45, 2.75) is 18.4 Å². The molecule has 0 spiro atoms. The summed E-state index contributed by atoms with van der Waals surface area (Å²) >= 11 is 0. The van der Waals surface area contributed by atoms with Crippen molar-refractivity contribution in [3.05, 3.63) is 6.20 Å². The van der Waals surface area contributed by atoms with E-state index in [4.69, 9.17) is 15.4 Å². The summed E-state index contributed by atoms with van der Waals surface area (Å²) in [6, 6.07) is 0.